The van der Waals surface area contributed by atoms with E-state index in [1.165, 1.54) is 5.56 Å². The summed E-state index contributed by atoms with van der Waals surface area (Å²) in [4.78, 5) is 25.2. The van der Waals surface area contributed by atoms with Gasteiger partial charge in [-0.15, -0.1) is 0 Å². The molecule has 0 spiro atoms. The smallest absolute Gasteiger partial charge is 0.322 e. The molecule has 0 aliphatic heterocycles. The molecular weight excluding hydrogens is 294 g/mol. The van der Waals surface area contributed by atoms with Crippen LogP contribution in [0.25, 0.3) is 0 Å². The van der Waals surface area contributed by atoms with Gasteiger partial charge in [-0.2, -0.15) is 0 Å². The van der Waals surface area contributed by atoms with Gasteiger partial charge in [0.05, 0.1) is 0 Å². The summed E-state index contributed by atoms with van der Waals surface area (Å²) in [7, 11) is 0. The molecule has 2 aromatic rings. The Morgan fingerprint density at radius 2 is 1.96 bits per heavy atom. The number of aliphatic carboxylic acids is 1. The highest BCUT2D eigenvalue weighted by atomic mass is 16.4. The first-order valence-corrected chi connectivity index (χ1v) is 7.55. The van der Waals surface area contributed by atoms with E-state index >= 15 is 0 Å². The number of anilines is 1. The van der Waals surface area contributed by atoms with E-state index in [0.717, 1.165) is 31.6 Å². The van der Waals surface area contributed by atoms with Crippen molar-refractivity contribution in [3.8, 4) is 0 Å². The molecule has 0 radical (unpaired) electrons. The van der Waals surface area contributed by atoms with Crippen LogP contribution in [0.5, 0.6) is 0 Å². The molecule has 2 aromatic heterocycles. The second-order valence-electron chi connectivity index (χ2n) is 5.23. The van der Waals surface area contributed by atoms with Crippen molar-refractivity contribution in [2.45, 2.75) is 26.4 Å². The molecule has 0 saturated carbocycles. The topological polar surface area (TPSA) is 91.2 Å². The van der Waals surface area contributed by atoms with Crippen LogP contribution in [-0.4, -0.2) is 44.0 Å². The third-order valence-corrected chi connectivity index (χ3v) is 3.18. The Balaban J connectivity index is 1.95. The number of carbonyl (C=O) groups is 1. The first-order valence-electron chi connectivity index (χ1n) is 7.55. The van der Waals surface area contributed by atoms with Gasteiger partial charge in [0.1, 0.15) is 6.54 Å². The molecule has 0 aliphatic rings. The number of carboxylic acids is 1. The Bertz CT molecular complexity index is 604. The first-order chi connectivity index (χ1) is 11.2. The van der Waals surface area contributed by atoms with E-state index in [4.69, 9.17) is 5.11 Å². The number of carboxylic acid groups (broad SMARTS) is 1. The quantitative estimate of drug-likeness (QED) is 0.728. The molecule has 0 bridgehead atoms. The predicted molar refractivity (Wildman–Crippen MR) is 86.8 cm³/mol. The van der Waals surface area contributed by atoms with Gasteiger partial charge in [-0.25, -0.2) is 9.97 Å². The summed E-state index contributed by atoms with van der Waals surface area (Å²) >= 11 is 0. The third kappa shape index (κ3) is 5.99. The second-order valence-corrected chi connectivity index (χ2v) is 5.23. The van der Waals surface area contributed by atoms with Crippen LogP contribution in [0.1, 0.15) is 24.5 Å². The number of hydrogen-bond donors (Lipinski definition) is 2. The van der Waals surface area contributed by atoms with Crippen LogP contribution in [-0.2, 0) is 17.9 Å². The van der Waals surface area contributed by atoms with Crippen LogP contribution in [0.3, 0.4) is 0 Å². The number of pyridine rings is 1. The van der Waals surface area contributed by atoms with Gasteiger partial charge >= 0.3 is 5.97 Å². The summed E-state index contributed by atoms with van der Waals surface area (Å²) in [5.74, 6) is -0.617. The summed E-state index contributed by atoms with van der Waals surface area (Å²) in [5, 5.41) is 11.3. The molecule has 0 saturated heterocycles. The van der Waals surface area contributed by atoms with Gasteiger partial charge in [-0.05, 0) is 24.6 Å². The molecule has 23 heavy (non-hydrogen) atoms. The zero-order valence-corrected chi connectivity index (χ0v) is 13.1. The second kappa shape index (κ2) is 8.79. The molecule has 2 N–H and O–H groups in total. The lowest BCUT2D eigenvalue weighted by atomic mass is 10.2. The first kappa shape index (κ1) is 16.8. The van der Waals surface area contributed by atoms with Crippen LogP contribution in [0, 0.1) is 0 Å². The maximum Gasteiger partial charge on any atom is 0.322 e. The van der Waals surface area contributed by atoms with E-state index in [0.29, 0.717) is 5.95 Å². The van der Waals surface area contributed by atoms with Gasteiger partial charge in [-0.3, -0.25) is 14.7 Å². The summed E-state index contributed by atoms with van der Waals surface area (Å²) < 4.78 is 0. The monoisotopic (exact) mass is 315 g/mol. The van der Waals surface area contributed by atoms with Crippen molar-refractivity contribution in [2.75, 3.05) is 18.4 Å². The number of nitrogens with one attached hydrogen (secondary N) is 1. The molecule has 0 amide bonds. The summed E-state index contributed by atoms with van der Waals surface area (Å²) in [5.41, 5.74) is 2.16. The number of rotatable bonds is 9. The fourth-order valence-corrected chi connectivity index (χ4v) is 2.22. The van der Waals surface area contributed by atoms with E-state index in [9.17, 15) is 4.79 Å². The lowest BCUT2D eigenvalue weighted by Gasteiger charge is -2.21. The predicted octanol–water partition coefficient (Wildman–Crippen LogP) is 1.78. The fraction of sp³-hybridized carbons (Fsp3) is 0.375. The Morgan fingerprint density at radius 1 is 1.22 bits per heavy atom. The fourth-order valence-electron chi connectivity index (χ4n) is 2.22. The van der Waals surface area contributed by atoms with Crippen LogP contribution in [0.15, 0.2) is 36.9 Å². The highest BCUT2D eigenvalue weighted by Crippen LogP contribution is 2.09. The van der Waals surface area contributed by atoms with E-state index in [1.54, 1.807) is 18.6 Å². The summed E-state index contributed by atoms with van der Waals surface area (Å²) in [6, 6.07) is 4.00. The van der Waals surface area contributed by atoms with Crippen molar-refractivity contribution >= 4 is 11.9 Å². The Labute approximate surface area is 135 Å². The van der Waals surface area contributed by atoms with E-state index in [2.05, 4.69) is 38.2 Å². The maximum absolute atomic E-state index is 10.5. The van der Waals surface area contributed by atoms with E-state index in [1.807, 2.05) is 12.3 Å². The lowest BCUT2D eigenvalue weighted by molar-refractivity contribution is -0.134. The highest BCUT2D eigenvalue weighted by Gasteiger charge is 2.08. The summed E-state index contributed by atoms with van der Waals surface area (Å²) in [6.45, 7) is 4.48. The Kier molecular flexibility index (Phi) is 6.43. The molecule has 122 valence electrons. The van der Waals surface area contributed by atoms with Crippen molar-refractivity contribution in [3.63, 3.8) is 0 Å². The molecule has 7 nitrogen and oxygen atoms in total. The molecule has 0 aliphatic carbocycles. The molecule has 0 unspecified atom stereocenters. The van der Waals surface area contributed by atoms with Crippen molar-refractivity contribution in [3.05, 3.63) is 48.0 Å². The summed E-state index contributed by atoms with van der Waals surface area (Å²) in [6.07, 6.45) is 8.15. The van der Waals surface area contributed by atoms with Gasteiger partial charge in [0.2, 0.25) is 5.95 Å². The number of nitrogens with zero attached hydrogens (tertiary/aromatic N) is 4. The van der Waals surface area contributed by atoms with E-state index < -0.39 is 5.97 Å². The van der Waals surface area contributed by atoms with E-state index in [-0.39, 0.29) is 6.54 Å². The molecule has 7 heteroatoms. The third-order valence-electron chi connectivity index (χ3n) is 3.18. The zero-order valence-electron chi connectivity index (χ0n) is 13.1. The van der Waals surface area contributed by atoms with Gasteiger partial charge in [0, 0.05) is 43.4 Å². The molecule has 2 rings (SSSR count). The van der Waals surface area contributed by atoms with Crippen LogP contribution < -0.4 is 5.32 Å². The molecule has 2 heterocycles. The van der Waals surface area contributed by atoms with Crippen molar-refractivity contribution in [1.82, 2.24) is 19.9 Å². The van der Waals surface area contributed by atoms with Crippen LogP contribution in [0.4, 0.5) is 5.95 Å². The minimum atomic E-state index is -0.941. The highest BCUT2D eigenvalue weighted by molar-refractivity contribution is 5.71. The lowest BCUT2D eigenvalue weighted by Crippen LogP contribution is -2.24. The van der Waals surface area contributed by atoms with Gasteiger partial charge < -0.3 is 10.4 Å². The van der Waals surface area contributed by atoms with Crippen molar-refractivity contribution in [1.29, 1.82) is 0 Å². The van der Waals surface area contributed by atoms with Crippen LogP contribution >= 0.6 is 0 Å². The Hall–Kier alpha value is -2.54. The van der Waals surface area contributed by atoms with Gasteiger partial charge in [-0.1, -0.05) is 13.0 Å². The van der Waals surface area contributed by atoms with Gasteiger partial charge in [0.15, 0.2) is 0 Å². The maximum atomic E-state index is 10.5. The zero-order chi connectivity index (χ0) is 16.5. The average Bonchev–Trinajstić information content (AvgIpc) is 2.55. The minimum absolute atomic E-state index is 0.192. The standard InChI is InChI=1S/C16H21N5O2/c1-2-6-21(11-13-4-3-5-17-7-13)12-14-8-18-16(19-9-14)20-10-15(22)23/h3-5,7-9H,2,6,10-12H2,1H3,(H,22,23)(H,18,19,20). The SMILES string of the molecule is CCCN(Cc1cccnc1)Cc1cnc(NCC(=O)O)nc1. The molecule has 0 aromatic carbocycles. The Morgan fingerprint density at radius 3 is 2.57 bits per heavy atom. The minimum Gasteiger partial charge on any atom is -0.480 e. The molecule has 0 fully saturated rings. The molecule has 0 atom stereocenters. The largest absolute Gasteiger partial charge is 0.480 e. The number of aromatic nitrogens is 3. The van der Waals surface area contributed by atoms with Crippen molar-refractivity contribution in [2.24, 2.45) is 0 Å². The average molecular weight is 315 g/mol. The van der Waals surface area contributed by atoms with Crippen molar-refractivity contribution < 1.29 is 9.90 Å². The molecular formula is C16H21N5O2. The van der Waals surface area contributed by atoms with Crippen LogP contribution in [0.2, 0.25) is 0 Å². The number of hydrogen-bond acceptors (Lipinski definition) is 6. The normalized spacial score (nSPS) is 10.7. The van der Waals surface area contributed by atoms with Gasteiger partial charge in [0.25, 0.3) is 0 Å².